The molecule has 0 spiro atoms. The summed E-state index contributed by atoms with van der Waals surface area (Å²) in [6.45, 7) is 0. The van der Waals surface area contributed by atoms with Crippen LogP contribution in [-0.4, -0.2) is 34.3 Å². The summed E-state index contributed by atoms with van der Waals surface area (Å²) >= 11 is 0. The van der Waals surface area contributed by atoms with Gasteiger partial charge in [-0.2, -0.15) is 0 Å². The predicted octanol–water partition coefficient (Wildman–Crippen LogP) is 0.848. The van der Waals surface area contributed by atoms with Crippen LogP contribution in [0.3, 0.4) is 0 Å². The van der Waals surface area contributed by atoms with Crippen molar-refractivity contribution >= 4 is 5.91 Å². The predicted molar refractivity (Wildman–Crippen MR) is 71.7 cm³/mol. The molecule has 1 unspecified atom stereocenters. The maximum Gasteiger partial charge on any atom is 0.221 e. The van der Waals surface area contributed by atoms with Gasteiger partial charge in [0.2, 0.25) is 5.91 Å². The van der Waals surface area contributed by atoms with Gasteiger partial charge in [-0.05, 0) is 6.07 Å². The Hall–Kier alpha value is -1.95. The van der Waals surface area contributed by atoms with Crippen LogP contribution in [0.25, 0.3) is 0 Å². The first-order chi connectivity index (χ1) is 9.07. The molecule has 1 aromatic carbocycles. The maximum absolute atomic E-state index is 11.4. The summed E-state index contributed by atoms with van der Waals surface area (Å²) in [5.74, 6) is 1.53. The molecule has 3 N–H and O–H groups in total. The average Bonchev–Trinajstić information content (AvgIpc) is 2.45. The lowest BCUT2D eigenvalue weighted by Gasteiger charge is -2.18. The summed E-state index contributed by atoms with van der Waals surface area (Å²) < 4.78 is 15.7. The van der Waals surface area contributed by atoms with Crippen molar-refractivity contribution in [2.24, 2.45) is 5.73 Å². The summed E-state index contributed by atoms with van der Waals surface area (Å²) in [7, 11) is 6.19. The zero-order valence-corrected chi connectivity index (χ0v) is 11.6. The minimum absolute atomic E-state index is 0.135. The molecule has 1 amide bonds. The topological polar surface area (TPSA) is 82.8 Å². The molecule has 0 aliphatic carbocycles. The molecule has 6 nitrogen and oxygen atoms in total. The fourth-order valence-corrected chi connectivity index (χ4v) is 1.75. The molecule has 6 heteroatoms. The number of hydrogen-bond donors (Lipinski definition) is 2. The van der Waals surface area contributed by atoms with E-state index in [0.717, 1.165) is 0 Å². The van der Waals surface area contributed by atoms with E-state index in [9.17, 15) is 4.79 Å². The second-order valence-electron chi connectivity index (χ2n) is 3.93. The van der Waals surface area contributed by atoms with Crippen LogP contribution in [0.15, 0.2) is 12.1 Å². The van der Waals surface area contributed by atoms with E-state index in [-0.39, 0.29) is 12.3 Å². The van der Waals surface area contributed by atoms with Crippen molar-refractivity contribution in [3.05, 3.63) is 17.7 Å². The van der Waals surface area contributed by atoms with Gasteiger partial charge in [-0.1, -0.05) is 0 Å². The molecular weight excluding hydrogens is 248 g/mol. The molecule has 0 aliphatic rings. The largest absolute Gasteiger partial charge is 0.496 e. The first-order valence-corrected chi connectivity index (χ1v) is 5.83. The van der Waals surface area contributed by atoms with Crippen LogP contribution in [0.2, 0.25) is 0 Å². The fraction of sp³-hybridized carbons (Fsp3) is 0.462. The number of nitrogens with one attached hydrogen (secondary N) is 1. The Bertz CT molecular complexity index is 449. The van der Waals surface area contributed by atoms with Gasteiger partial charge in [-0.25, -0.2) is 0 Å². The van der Waals surface area contributed by atoms with E-state index in [1.54, 1.807) is 33.4 Å². The number of methoxy groups -OCH3 is 3. The van der Waals surface area contributed by atoms with Crippen LogP contribution >= 0.6 is 0 Å². The Kier molecular flexibility index (Phi) is 5.44. The van der Waals surface area contributed by atoms with Gasteiger partial charge in [0.25, 0.3) is 0 Å². The molecule has 0 aliphatic heterocycles. The molecule has 0 radical (unpaired) electrons. The highest BCUT2D eigenvalue weighted by atomic mass is 16.5. The van der Waals surface area contributed by atoms with Gasteiger partial charge in [-0.15, -0.1) is 0 Å². The second kappa shape index (κ2) is 6.84. The highest BCUT2D eigenvalue weighted by Gasteiger charge is 2.19. The number of ether oxygens (including phenoxy) is 3. The van der Waals surface area contributed by atoms with Crippen LogP contribution in [0.1, 0.15) is 18.0 Å². The zero-order chi connectivity index (χ0) is 14.4. The molecule has 1 atom stereocenters. The van der Waals surface area contributed by atoms with E-state index in [1.807, 2.05) is 0 Å². The van der Waals surface area contributed by atoms with Crippen LogP contribution < -0.4 is 25.3 Å². The minimum Gasteiger partial charge on any atom is -0.496 e. The number of rotatable bonds is 6. The molecule has 106 valence electrons. The molecule has 0 fully saturated rings. The summed E-state index contributed by atoms with van der Waals surface area (Å²) in [6.07, 6.45) is 0.169. The SMILES string of the molecule is CNC(=O)CC(N)c1cc(OC)c(OC)cc1OC. The molecule has 19 heavy (non-hydrogen) atoms. The molecule has 0 aromatic heterocycles. The summed E-state index contributed by atoms with van der Waals surface area (Å²) in [4.78, 5) is 11.4. The van der Waals surface area contributed by atoms with Gasteiger partial charge >= 0.3 is 0 Å². The van der Waals surface area contributed by atoms with E-state index < -0.39 is 6.04 Å². The number of carbonyl (C=O) groups is 1. The first-order valence-electron chi connectivity index (χ1n) is 5.83. The van der Waals surface area contributed by atoms with Crippen molar-refractivity contribution in [1.29, 1.82) is 0 Å². The van der Waals surface area contributed by atoms with Gasteiger partial charge in [-0.3, -0.25) is 4.79 Å². The van der Waals surface area contributed by atoms with Crippen molar-refractivity contribution in [2.45, 2.75) is 12.5 Å². The van der Waals surface area contributed by atoms with E-state index in [4.69, 9.17) is 19.9 Å². The molecular formula is C13H20N2O4. The quantitative estimate of drug-likeness (QED) is 0.799. The zero-order valence-electron chi connectivity index (χ0n) is 11.6. The maximum atomic E-state index is 11.4. The van der Waals surface area contributed by atoms with Gasteiger partial charge in [0, 0.05) is 31.1 Å². The second-order valence-corrected chi connectivity index (χ2v) is 3.93. The highest BCUT2D eigenvalue weighted by Crippen LogP contribution is 2.37. The highest BCUT2D eigenvalue weighted by molar-refractivity contribution is 5.76. The monoisotopic (exact) mass is 268 g/mol. The van der Waals surface area contributed by atoms with Crippen LogP contribution in [-0.2, 0) is 4.79 Å². The minimum atomic E-state index is -0.477. The lowest BCUT2D eigenvalue weighted by atomic mass is 10.0. The van der Waals surface area contributed by atoms with Crippen LogP contribution in [0, 0.1) is 0 Å². The lowest BCUT2D eigenvalue weighted by molar-refractivity contribution is -0.120. The van der Waals surface area contributed by atoms with Gasteiger partial charge < -0.3 is 25.3 Å². The Morgan fingerprint density at radius 3 is 2.16 bits per heavy atom. The van der Waals surface area contributed by atoms with Crippen molar-refractivity contribution in [3.8, 4) is 17.2 Å². The summed E-state index contributed by atoms with van der Waals surface area (Å²) in [6, 6.07) is 2.94. The number of carbonyl (C=O) groups excluding carboxylic acids is 1. The van der Waals surface area contributed by atoms with E-state index in [2.05, 4.69) is 5.32 Å². The van der Waals surface area contributed by atoms with Crippen molar-refractivity contribution < 1.29 is 19.0 Å². The van der Waals surface area contributed by atoms with E-state index in [0.29, 0.717) is 22.8 Å². The lowest BCUT2D eigenvalue weighted by Crippen LogP contribution is -2.24. The number of benzene rings is 1. The molecule has 1 rings (SSSR count). The van der Waals surface area contributed by atoms with Gasteiger partial charge in [0.15, 0.2) is 11.5 Å². The van der Waals surface area contributed by atoms with Gasteiger partial charge in [0.05, 0.1) is 21.3 Å². The fourth-order valence-electron chi connectivity index (χ4n) is 1.75. The standard InChI is InChI=1S/C13H20N2O4/c1-15-13(16)6-9(14)8-5-11(18-3)12(19-4)7-10(8)17-2/h5,7,9H,6,14H2,1-4H3,(H,15,16). The molecule has 0 saturated carbocycles. The summed E-state index contributed by atoms with van der Waals surface area (Å²) in [5, 5.41) is 2.54. The van der Waals surface area contributed by atoms with Crippen LogP contribution in [0.5, 0.6) is 17.2 Å². The van der Waals surface area contributed by atoms with Gasteiger partial charge in [0.1, 0.15) is 5.75 Å². The Labute approximate surface area is 112 Å². The Balaban J connectivity index is 3.14. The number of amides is 1. The molecule has 1 aromatic rings. The molecule has 0 bridgehead atoms. The smallest absolute Gasteiger partial charge is 0.221 e. The average molecular weight is 268 g/mol. The number of nitrogens with two attached hydrogens (primary N) is 1. The third-order valence-corrected chi connectivity index (χ3v) is 2.82. The number of hydrogen-bond acceptors (Lipinski definition) is 5. The molecule has 0 heterocycles. The summed E-state index contributed by atoms with van der Waals surface area (Å²) in [5.41, 5.74) is 6.72. The Morgan fingerprint density at radius 2 is 1.68 bits per heavy atom. The van der Waals surface area contributed by atoms with E-state index in [1.165, 1.54) is 7.11 Å². The molecule has 0 saturated heterocycles. The third kappa shape index (κ3) is 3.51. The first kappa shape index (κ1) is 15.1. The normalized spacial score (nSPS) is 11.6. The van der Waals surface area contributed by atoms with Crippen LogP contribution in [0.4, 0.5) is 0 Å². The van der Waals surface area contributed by atoms with Crippen molar-refractivity contribution in [1.82, 2.24) is 5.32 Å². The van der Waals surface area contributed by atoms with Crippen molar-refractivity contribution in [2.75, 3.05) is 28.4 Å². The third-order valence-electron chi connectivity index (χ3n) is 2.82. The Morgan fingerprint density at radius 1 is 1.16 bits per heavy atom. The van der Waals surface area contributed by atoms with Crippen molar-refractivity contribution in [3.63, 3.8) is 0 Å². The van der Waals surface area contributed by atoms with E-state index >= 15 is 0 Å².